The minimum absolute atomic E-state index is 0.247. The number of nitrogens with one attached hydrogen (secondary N) is 2. The maximum absolute atomic E-state index is 12.8. The number of halogens is 1. The summed E-state index contributed by atoms with van der Waals surface area (Å²) in [4.78, 5) is 6.73. The molecule has 1 aromatic rings. The average molecular weight is 336 g/mol. The van der Waals surface area contributed by atoms with Crippen molar-refractivity contribution >= 4 is 5.96 Å². The standard InChI is InChI=1S/C18H29FN4O/c1-20-18(22-11-14-23-12-3-2-4-13-23)21-10-5-15-24-17-8-6-16(19)7-9-17/h6-9H,2-5,10-15H2,1H3,(H2,20,21,22). The zero-order valence-corrected chi connectivity index (χ0v) is 14.6. The Morgan fingerprint density at radius 3 is 2.54 bits per heavy atom. The molecule has 1 fully saturated rings. The lowest BCUT2D eigenvalue weighted by atomic mass is 10.1. The Labute approximate surface area is 144 Å². The first kappa shape index (κ1) is 18.5. The molecular formula is C18H29FN4O. The minimum Gasteiger partial charge on any atom is -0.494 e. The van der Waals surface area contributed by atoms with Gasteiger partial charge in [-0.15, -0.1) is 0 Å². The molecule has 1 aliphatic heterocycles. The van der Waals surface area contributed by atoms with E-state index in [-0.39, 0.29) is 5.82 Å². The summed E-state index contributed by atoms with van der Waals surface area (Å²) in [5.74, 6) is 1.28. The Hall–Kier alpha value is -1.82. The summed E-state index contributed by atoms with van der Waals surface area (Å²) in [5, 5.41) is 6.63. The number of nitrogens with zero attached hydrogens (tertiary/aromatic N) is 2. The monoisotopic (exact) mass is 336 g/mol. The Bertz CT molecular complexity index is 486. The fraction of sp³-hybridized carbons (Fsp3) is 0.611. The molecule has 0 aliphatic carbocycles. The molecule has 0 spiro atoms. The van der Waals surface area contributed by atoms with E-state index in [2.05, 4.69) is 20.5 Å². The van der Waals surface area contributed by atoms with Gasteiger partial charge >= 0.3 is 0 Å². The highest BCUT2D eigenvalue weighted by Crippen LogP contribution is 2.11. The van der Waals surface area contributed by atoms with Gasteiger partial charge in [-0.05, 0) is 56.6 Å². The Kier molecular flexibility index (Phi) is 8.38. The van der Waals surface area contributed by atoms with Gasteiger partial charge in [0.05, 0.1) is 6.61 Å². The summed E-state index contributed by atoms with van der Waals surface area (Å²) >= 11 is 0. The molecule has 0 bridgehead atoms. The van der Waals surface area contributed by atoms with Crippen LogP contribution in [-0.4, -0.2) is 57.2 Å². The van der Waals surface area contributed by atoms with Crippen LogP contribution in [0.2, 0.25) is 0 Å². The van der Waals surface area contributed by atoms with Crippen LogP contribution < -0.4 is 15.4 Å². The summed E-state index contributed by atoms with van der Waals surface area (Å²) in [7, 11) is 1.78. The van der Waals surface area contributed by atoms with Crippen molar-refractivity contribution in [1.82, 2.24) is 15.5 Å². The van der Waals surface area contributed by atoms with Crippen molar-refractivity contribution in [3.8, 4) is 5.75 Å². The van der Waals surface area contributed by atoms with Crippen LogP contribution in [-0.2, 0) is 0 Å². The quantitative estimate of drug-likeness (QED) is 0.434. The molecule has 5 nitrogen and oxygen atoms in total. The summed E-state index contributed by atoms with van der Waals surface area (Å²) in [6.45, 7) is 5.77. The molecule has 0 amide bonds. The number of hydrogen-bond donors (Lipinski definition) is 2. The molecule has 6 heteroatoms. The van der Waals surface area contributed by atoms with Crippen molar-refractivity contribution in [2.45, 2.75) is 25.7 Å². The van der Waals surface area contributed by atoms with Gasteiger partial charge < -0.3 is 20.3 Å². The summed E-state index contributed by atoms with van der Waals surface area (Å²) < 4.78 is 18.4. The van der Waals surface area contributed by atoms with E-state index >= 15 is 0 Å². The fourth-order valence-electron chi connectivity index (χ4n) is 2.74. The number of likely N-dealkylation sites (tertiary alicyclic amines) is 1. The van der Waals surface area contributed by atoms with E-state index in [0.29, 0.717) is 12.4 Å². The molecule has 0 aromatic heterocycles. The number of rotatable bonds is 8. The Morgan fingerprint density at radius 2 is 1.83 bits per heavy atom. The van der Waals surface area contributed by atoms with Gasteiger partial charge in [-0.3, -0.25) is 4.99 Å². The maximum atomic E-state index is 12.8. The van der Waals surface area contributed by atoms with E-state index < -0.39 is 0 Å². The second kappa shape index (κ2) is 10.9. The lowest BCUT2D eigenvalue weighted by molar-refractivity contribution is 0.232. The molecule has 0 atom stereocenters. The number of ether oxygens (including phenoxy) is 1. The van der Waals surface area contributed by atoms with Crippen molar-refractivity contribution in [2.24, 2.45) is 4.99 Å². The third-order valence-corrected chi connectivity index (χ3v) is 4.09. The average Bonchev–Trinajstić information content (AvgIpc) is 2.62. The van der Waals surface area contributed by atoms with Gasteiger partial charge in [-0.25, -0.2) is 4.39 Å². The van der Waals surface area contributed by atoms with Gasteiger partial charge in [0, 0.05) is 26.7 Å². The van der Waals surface area contributed by atoms with Crippen LogP contribution in [0.1, 0.15) is 25.7 Å². The molecule has 1 saturated heterocycles. The predicted octanol–water partition coefficient (Wildman–Crippen LogP) is 2.25. The normalized spacial score (nSPS) is 16.0. The molecule has 0 unspecified atom stereocenters. The molecule has 24 heavy (non-hydrogen) atoms. The van der Waals surface area contributed by atoms with Gasteiger partial charge in [0.25, 0.3) is 0 Å². The Balaban J connectivity index is 1.52. The van der Waals surface area contributed by atoms with E-state index in [4.69, 9.17) is 4.74 Å². The van der Waals surface area contributed by atoms with Crippen LogP contribution >= 0.6 is 0 Å². The third kappa shape index (κ3) is 7.17. The third-order valence-electron chi connectivity index (χ3n) is 4.09. The van der Waals surface area contributed by atoms with Crippen LogP contribution in [0.5, 0.6) is 5.75 Å². The van der Waals surface area contributed by atoms with Crippen LogP contribution in [0, 0.1) is 5.82 Å². The highest BCUT2D eigenvalue weighted by Gasteiger charge is 2.09. The van der Waals surface area contributed by atoms with Crippen molar-refractivity contribution in [2.75, 3.05) is 46.4 Å². The molecule has 1 aliphatic rings. The minimum atomic E-state index is -0.247. The number of guanidine groups is 1. The first-order chi connectivity index (χ1) is 11.8. The van der Waals surface area contributed by atoms with E-state index in [0.717, 1.165) is 32.0 Å². The maximum Gasteiger partial charge on any atom is 0.191 e. The smallest absolute Gasteiger partial charge is 0.191 e. The van der Waals surface area contributed by atoms with E-state index in [1.165, 1.54) is 44.5 Å². The predicted molar refractivity (Wildman–Crippen MR) is 96.2 cm³/mol. The van der Waals surface area contributed by atoms with Gasteiger partial charge in [-0.2, -0.15) is 0 Å². The molecule has 1 aromatic carbocycles. The van der Waals surface area contributed by atoms with Gasteiger partial charge in [-0.1, -0.05) is 6.42 Å². The van der Waals surface area contributed by atoms with Gasteiger partial charge in [0.15, 0.2) is 5.96 Å². The Morgan fingerprint density at radius 1 is 1.12 bits per heavy atom. The lowest BCUT2D eigenvalue weighted by Gasteiger charge is -2.26. The van der Waals surface area contributed by atoms with Gasteiger partial charge in [0.1, 0.15) is 11.6 Å². The molecule has 1 heterocycles. The summed E-state index contributed by atoms with van der Waals surface area (Å²) in [5.41, 5.74) is 0. The number of piperidine rings is 1. The molecular weight excluding hydrogens is 307 g/mol. The molecule has 0 radical (unpaired) electrons. The van der Waals surface area contributed by atoms with Crippen molar-refractivity contribution in [3.05, 3.63) is 30.1 Å². The van der Waals surface area contributed by atoms with Crippen LogP contribution in [0.3, 0.4) is 0 Å². The van der Waals surface area contributed by atoms with Gasteiger partial charge in [0.2, 0.25) is 0 Å². The van der Waals surface area contributed by atoms with Crippen LogP contribution in [0.25, 0.3) is 0 Å². The SMILES string of the molecule is CN=C(NCCCOc1ccc(F)cc1)NCCN1CCCCC1. The zero-order chi connectivity index (χ0) is 17.0. The van der Waals surface area contributed by atoms with E-state index in [9.17, 15) is 4.39 Å². The molecule has 2 N–H and O–H groups in total. The zero-order valence-electron chi connectivity index (χ0n) is 14.6. The van der Waals surface area contributed by atoms with E-state index in [1.54, 1.807) is 19.2 Å². The number of aliphatic imine (C=N–C) groups is 1. The van der Waals surface area contributed by atoms with Crippen LogP contribution in [0.4, 0.5) is 4.39 Å². The first-order valence-electron chi connectivity index (χ1n) is 8.83. The number of hydrogen-bond acceptors (Lipinski definition) is 3. The fourth-order valence-corrected chi connectivity index (χ4v) is 2.74. The largest absolute Gasteiger partial charge is 0.494 e. The highest BCUT2D eigenvalue weighted by atomic mass is 19.1. The topological polar surface area (TPSA) is 48.9 Å². The summed E-state index contributed by atoms with van der Waals surface area (Å²) in [6, 6.07) is 6.09. The van der Waals surface area contributed by atoms with Crippen molar-refractivity contribution < 1.29 is 9.13 Å². The van der Waals surface area contributed by atoms with Crippen LogP contribution in [0.15, 0.2) is 29.3 Å². The summed E-state index contributed by atoms with van der Waals surface area (Å²) in [6.07, 6.45) is 4.86. The first-order valence-corrected chi connectivity index (χ1v) is 8.83. The second-order valence-corrected chi connectivity index (χ2v) is 5.98. The highest BCUT2D eigenvalue weighted by molar-refractivity contribution is 5.79. The van der Waals surface area contributed by atoms with E-state index in [1.807, 2.05) is 0 Å². The molecule has 134 valence electrons. The number of benzene rings is 1. The molecule has 0 saturated carbocycles. The lowest BCUT2D eigenvalue weighted by Crippen LogP contribution is -2.43. The van der Waals surface area contributed by atoms with Crippen molar-refractivity contribution in [3.63, 3.8) is 0 Å². The second-order valence-electron chi connectivity index (χ2n) is 5.98. The van der Waals surface area contributed by atoms with Crippen molar-refractivity contribution in [1.29, 1.82) is 0 Å². The molecule has 2 rings (SSSR count).